The number of nitrogens with one attached hydrogen (secondary N) is 2. The first-order valence-corrected chi connectivity index (χ1v) is 7.57. The van der Waals surface area contributed by atoms with Crippen molar-refractivity contribution in [2.75, 3.05) is 6.54 Å². The minimum atomic E-state index is 0.937. The van der Waals surface area contributed by atoms with Gasteiger partial charge in [-0.1, -0.05) is 28.1 Å². The predicted molar refractivity (Wildman–Crippen MR) is 84.6 cm³/mol. The van der Waals surface area contributed by atoms with E-state index in [0.717, 1.165) is 46.4 Å². The lowest BCUT2D eigenvalue weighted by Gasteiger charge is -2.17. The largest absolute Gasteiger partial charge is 0.338 e. The van der Waals surface area contributed by atoms with Crippen molar-refractivity contribution < 1.29 is 0 Å². The van der Waals surface area contributed by atoms with Gasteiger partial charge in [-0.05, 0) is 48.4 Å². The topological polar surface area (TPSA) is 40.7 Å². The van der Waals surface area contributed by atoms with Crippen LogP contribution in [-0.2, 0) is 13.0 Å². The average molecular weight is 328 g/mol. The second-order valence-corrected chi connectivity index (χ2v) is 6.07. The average Bonchev–Trinajstić information content (AvgIpc) is 2.89. The fraction of sp³-hybridized carbons (Fsp3) is 0.188. The van der Waals surface area contributed by atoms with Crippen molar-refractivity contribution in [2.24, 2.45) is 0 Å². The second-order valence-electron chi connectivity index (χ2n) is 5.16. The minimum absolute atomic E-state index is 0.937. The SMILES string of the molecule is Brc1ccc2nc(-c3ccc4c(c3)CNCC4)[nH]c2c1. The molecule has 0 amide bonds. The molecule has 0 saturated heterocycles. The summed E-state index contributed by atoms with van der Waals surface area (Å²) in [6, 6.07) is 12.7. The van der Waals surface area contributed by atoms with E-state index in [9.17, 15) is 0 Å². The van der Waals surface area contributed by atoms with E-state index in [1.807, 2.05) is 12.1 Å². The van der Waals surface area contributed by atoms with Gasteiger partial charge in [0.2, 0.25) is 0 Å². The van der Waals surface area contributed by atoms with Crippen LogP contribution in [0.5, 0.6) is 0 Å². The monoisotopic (exact) mass is 327 g/mol. The summed E-state index contributed by atoms with van der Waals surface area (Å²) < 4.78 is 1.06. The van der Waals surface area contributed by atoms with Gasteiger partial charge < -0.3 is 10.3 Å². The van der Waals surface area contributed by atoms with Crippen LogP contribution >= 0.6 is 15.9 Å². The third kappa shape index (κ3) is 2.05. The smallest absolute Gasteiger partial charge is 0.138 e. The van der Waals surface area contributed by atoms with E-state index in [0.29, 0.717) is 0 Å². The number of halogens is 1. The van der Waals surface area contributed by atoms with Crippen molar-refractivity contribution in [2.45, 2.75) is 13.0 Å². The summed E-state index contributed by atoms with van der Waals surface area (Å²) >= 11 is 3.49. The lowest BCUT2D eigenvalue weighted by Crippen LogP contribution is -2.23. The molecule has 2 heterocycles. The molecule has 4 heteroatoms. The number of nitrogens with zero attached hydrogens (tertiary/aromatic N) is 1. The third-order valence-corrected chi connectivity index (χ3v) is 4.30. The third-order valence-electron chi connectivity index (χ3n) is 3.81. The summed E-state index contributed by atoms with van der Waals surface area (Å²) in [6.45, 7) is 2.03. The minimum Gasteiger partial charge on any atom is -0.338 e. The van der Waals surface area contributed by atoms with Crippen LogP contribution in [0.2, 0.25) is 0 Å². The molecule has 100 valence electrons. The lowest BCUT2D eigenvalue weighted by atomic mass is 9.98. The molecule has 0 saturated carbocycles. The van der Waals surface area contributed by atoms with E-state index in [-0.39, 0.29) is 0 Å². The van der Waals surface area contributed by atoms with Gasteiger partial charge in [-0.15, -0.1) is 0 Å². The van der Waals surface area contributed by atoms with E-state index in [4.69, 9.17) is 0 Å². The zero-order valence-electron chi connectivity index (χ0n) is 10.9. The highest BCUT2D eigenvalue weighted by Crippen LogP contribution is 2.25. The van der Waals surface area contributed by atoms with Crippen molar-refractivity contribution in [1.82, 2.24) is 15.3 Å². The Balaban J connectivity index is 1.82. The number of benzene rings is 2. The van der Waals surface area contributed by atoms with E-state index < -0.39 is 0 Å². The van der Waals surface area contributed by atoms with Gasteiger partial charge in [-0.2, -0.15) is 0 Å². The standard InChI is InChI=1S/C16H14BrN3/c17-13-3-4-14-15(8-13)20-16(19-14)11-2-1-10-5-6-18-9-12(10)7-11/h1-4,7-8,18H,5-6,9H2,(H,19,20). The summed E-state index contributed by atoms with van der Waals surface area (Å²) in [5, 5.41) is 3.42. The van der Waals surface area contributed by atoms with Gasteiger partial charge >= 0.3 is 0 Å². The molecule has 3 aromatic rings. The van der Waals surface area contributed by atoms with Gasteiger partial charge in [0.15, 0.2) is 0 Å². The van der Waals surface area contributed by atoms with Gasteiger partial charge in [0, 0.05) is 16.6 Å². The van der Waals surface area contributed by atoms with Crippen molar-refractivity contribution in [1.29, 1.82) is 0 Å². The molecule has 4 rings (SSSR count). The molecule has 2 N–H and O–H groups in total. The lowest BCUT2D eigenvalue weighted by molar-refractivity contribution is 0.644. The van der Waals surface area contributed by atoms with E-state index in [1.54, 1.807) is 0 Å². The summed E-state index contributed by atoms with van der Waals surface area (Å²) in [4.78, 5) is 8.07. The Kier molecular flexibility index (Phi) is 2.86. The first-order chi connectivity index (χ1) is 9.79. The normalized spacial score (nSPS) is 14.4. The Bertz CT molecular complexity index is 792. The Morgan fingerprint density at radius 3 is 2.95 bits per heavy atom. The molecule has 0 atom stereocenters. The van der Waals surface area contributed by atoms with Crippen LogP contribution in [0.4, 0.5) is 0 Å². The quantitative estimate of drug-likeness (QED) is 0.716. The maximum absolute atomic E-state index is 4.68. The van der Waals surface area contributed by atoms with Crippen molar-refractivity contribution in [3.8, 4) is 11.4 Å². The highest BCUT2D eigenvalue weighted by Gasteiger charge is 2.11. The number of H-pyrrole nitrogens is 1. The first-order valence-electron chi connectivity index (χ1n) is 6.78. The predicted octanol–water partition coefficient (Wildman–Crippen LogP) is 3.64. The molecule has 1 aromatic heterocycles. The van der Waals surface area contributed by atoms with Gasteiger partial charge in [0.25, 0.3) is 0 Å². The van der Waals surface area contributed by atoms with Gasteiger partial charge in [-0.3, -0.25) is 0 Å². The van der Waals surface area contributed by atoms with Crippen molar-refractivity contribution in [3.63, 3.8) is 0 Å². The molecule has 0 unspecified atom stereocenters. The molecule has 1 aliphatic rings. The molecular formula is C16H14BrN3. The highest BCUT2D eigenvalue weighted by atomic mass is 79.9. The summed E-state index contributed by atoms with van der Waals surface area (Å²) in [6.07, 6.45) is 1.11. The Labute approximate surface area is 125 Å². The molecule has 0 bridgehead atoms. The number of fused-ring (bicyclic) bond motifs is 2. The second kappa shape index (κ2) is 4.72. The Morgan fingerprint density at radius 2 is 2.00 bits per heavy atom. The van der Waals surface area contributed by atoms with E-state index in [2.05, 4.69) is 55.5 Å². The van der Waals surface area contributed by atoms with E-state index >= 15 is 0 Å². The molecule has 2 aromatic carbocycles. The van der Waals surface area contributed by atoms with Crippen molar-refractivity contribution in [3.05, 3.63) is 52.0 Å². The summed E-state index contributed by atoms with van der Waals surface area (Å²) in [5.41, 5.74) is 6.05. The molecule has 0 spiro atoms. The van der Waals surface area contributed by atoms with Crippen LogP contribution < -0.4 is 5.32 Å². The van der Waals surface area contributed by atoms with Crippen LogP contribution in [0.25, 0.3) is 22.4 Å². The maximum atomic E-state index is 4.68. The van der Waals surface area contributed by atoms with Crippen molar-refractivity contribution >= 4 is 27.0 Å². The van der Waals surface area contributed by atoms with E-state index in [1.165, 1.54) is 11.1 Å². The molecule has 0 fully saturated rings. The Hall–Kier alpha value is -1.65. The van der Waals surface area contributed by atoms with Crippen LogP contribution in [-0.4, -0.2) is 16.5 Å². The molecule has 1 aliphatic heterocycles. The van der Waals surface area contributed by atoms with Gasteiger partial charge in [-0.25, -0.2) is 4.98 Å². The van der Waals surface area contributed by atoms with Crippen LogP contribution in [0.3, 0.4) is 0 Å². The zero-order valence-corrected chi connectivity index (χ0v) is 12.5. The fourth-order valence-corrected chi connectivity index (χ4v) is 3.11. The van der Waals surface area contributed by atoms with Gasteiger partial charge in [0.05, 0.1) is 11.0 Å². The maximum Gasteiger partial charge on any atom is 0.138 e. The number of hydrogen-bond donors (Lipinski definition) is 2. The van der Waals surface area contributed by atoms with Crippen LogP contribution in [0.15, 0.2) is 40.9 Å². The number of aromatic nitrogens is 2. The fourth-order valence-electron chi connectivity index (χ4n) is 2.75. The molecule has 3 nitrogen and oxygen atoms in total. The van der Waals surface area contributed by atoms with Crippen LogP contribution in [0.1, 0.15) is 11.1 Å². The zero-order chi connectivity index (χ0) is 13.5. The first kappa shape index (κ1) is 12.1. The van der Waals surface area contributed by atoms with Gasteiger partial charge in [0.1, 0.15) is 5.82 Å². The highest BCUT2D eigenvalue weighted by molar-refractivity contribution is 9.10. The summed E-state index contributed by atoms with van der Waals surface area (Å²) in [5.74, 6) is 0.937. The summed E-state index contributed by atoms with van der Waals surface area (Å²) in [7, 11) is 0. The number of imidazole rings is 1. The molecule has 0 radical (unpaired) electrons. The van der Waals surface area contributed by atoms with Crippen LogP contribution in [0, 0.1) is 0 Å². The molecule has 20 heavy (non-hydrogen) atoms. The Morgan fingerprint density at radius 1 is 1.05 bits per heavy atom. The molecular weight excluding hydrogens is 314 g/mol. The number of aromatic amines is 1. The molecule has 0 aliphatic carbocycles. The number of rotatable bonds is 1. The number of hydrogen-bond acceptors (Lipinski definition) is 2.